The molecule has 1 aromatic rings. The van der Waals surface area contributed by atoms with Gasteiger partial charge in [-0.25, -0.2) is 8.42 Å². The van der Waals surface area contributed by atoms with Gasteiger partial charge in [-0.15, -0.1) is 0 Å². The molecule has 1 aliphatic rings. The Labute approximate surface area is 129 Å². The normalized spacial score (nSPS) is 32.8. The molecule has 0 saturated carbocycles. The Hall–Kier alpha value is -1.03. The van der Waals surface area contributed by atoms with Gasteiger partial charge in [0.1, 0.15) is 18.3 Å². The monoisotopic (exact) mass is 332 g/mol. The zero-order valence-corrected chi connectivity index (χ0v) is 12.9. The van der Waals surface area contributed by atoms with Crippen LogP contribution in [-0.4, -0.2) is 67.3 Å². The van der Waals surface area contributed by atoms with Crippen molar-refractivity contribution in [1.82, 2.24) is 0 Å². The summed E-state index contributed by atoms with van der Waals surface area (Å²) in [6.45, 7) is 0. The number of hydrogen-bond donors (Lipinski definition) is 3. The average Bonchev–Trinajstić information content (AvgIpc) is 2.53. The number of ether oxygens (including phenoxy) is 2. The van der Waals surface area contributed by atoms with Gasteiger partial charge in [-0.1, -0.05) is 18.2 Å². The van der Waals surface area contributed by atoms with Crippen molar-refractivity contribution in [2.45, 2.75) is 42.0 Å². The van der Waals surface area contributed by atoms with Gasteiger partial charge >= 0.3 is 0 Å². The van der Waals surface area contributed by atoms with Gasteiger partial charge in [0.25, 0.3) is 0 Å². The first kappa shape index (κ1) is 17.3. The molecule has 2 rings (SSSR count). The molecule has 22 heavy (non-hydrogen) atoms. The summed E-state index contributed by atoms with van der Waals surface area (Å²) in [6.07, 6.45) is -6.30. The van der Waals surface area contributed by atoms with E-state index in [0.717, 1.165) is 0 Å². The van der Waals surface area contributed by atoms with Crippen LogP contribution in [0.15, 0.2) is 35.2 Å². The molecule has 1 saturated heterocycles. The number of aliphatic hydroxyl groups is 3. The van der Waals surface area contributed by atoms with Crippen molar-refractivity contribution in [2.24, 2.45) is 0 Å². The van der Waals surface area contributed by atoms with Gasteiger partial charge in [0, 0.05) is 7.11 Å². The van der Waals surface area contributed by atoms with Crippen LogP contribution in [-0.2, 0) is 19.3 Å². The quantitative estimate of drug-likeness (QED) is 0.654. The first-order valence-corrected chi connectivity index (χ1v) is 8.52. The first-order valence-electron chi connectivity index (χ1n) is 6.87. The third-order valence-corrected chi connectivity index (χ3v) is 5.44. The maximum Gasteiger partial charge on any atom is 0.186 e. The van der Waals surface area contributed by atoms with Crippen LogP contribution in [0.25, 0.3) is 0 Å². The first-order chi connectivity index (χ1) is 10.4. The van der Waals surface area contributed by atoms with Crippen molar-refractivity contribution in [1.29, 1.82) is 0 Å². The molecule has 1 fully saturated rings. The minimum absolute atomic E-state index is 0.0258. The van der Waals surface area contributed by atoms with E-state index in [1.807, 2.05) is 0 Å². The lowest BCUT2D eigenvalue weighted by Crippen LogP contribution is -2.58. The summed E-state index contributed by atoms with van der Waals surface area (Å²) in [5, 5.41) is 29.3. The summed E-state index contributed by atoms with van der Waals surface area (Å²) >= 11 is 0. The van der Waals surface area contributed by atoms with E-state index < -0.39 is 40.5 Å². The summed E-state index contributed by atoms with van der Waals surface area (Å²) in [5.74, 6) is -0.252. The Morgan fingerprint density at radius 2 is 1.73 bits per heavy atom. The number of sulfone groups is 1. The van der Waals surface area contributed by atoms with Crippen molar-refractivity contribution in [3.63, 3.8) is 0 Å². The molecule has 0 amide bonds. The fourth-order valence-electron chi connectivity index (χ4n) is 2.37. The molecule has 2 unspecified atom stereocenters. The lowest BCUT2D eigenvalue weighted by atomic mass is 9.97. The predicted molar refractivity (Wildman–Crippen MR) is 76.8 cm³/mol. The van der Waals surface area contributed by atoms with Crippen LogP contribution in [0.1, 0.15) is 6.42 Å². The van der Waals surface area contributed by atoms with Crippen molar-refractivity contribution < 1.29 is 33.2 Å². The topological polar surface area (TPSA) is 113 Å². The van der Waals surface area contributed by atoms with E-state index in [-0.39, 0.29) is 17.1 Å². The third kappa shape index (κ3) is 3.65. The molecular formula is C14H20O7S. The van der Waals surface area contributed by atoms with Crippen molar-refractivity contribution >= 4 is 9.84 Å². The van der Waals surface area contributed by atoms with Gasteiger partial charge in [-0.05, 0) is 18.6 Å². The summed E-state index contributed by atoms with van der Waals surface area (Å²) in [4.78, 5) is 0.184. The molecule has 5 atom stereocenters. The summed E-state index contributed by atoms with van der Waals surface area (Å²) in [6, 6.07) is 7.95. The van der Waals surface area contributed by atoms with Crippen LogP contribution in [0.2, 0.25) is 0 Å². The van der Waals surface area contributed by atoms with Gasteiger partial charge in [0.05, 0.1) is 16.8 Å². The molecule has 8 heteroatoms. The lowest BCUT2D eigenvalue weighted by molar-refractivity contribution is -0.289. The van der Waals surface area contributed by atoms with E-state index in [9.17, 15) is 23.7 Å². The molecule has 0 aromatic heterocycles. The molecule has 3 N–H and O–H groups in total. The average molecular weight is 332 g/mol. The van der Waals surface area contributed by atoms with Crippen molar-refractivity contribution in [2.75, 3.05) is 12.9 Å². The smallest absolute Gasteiger partial charge is 0.186 e. The highest BCUT2D eigenvalue weighted by atomic mass is 32.2. The largest absolute Gasteiger partial charge is 0.388 e. The minimum Gasteiger partial charge on any atom is -0.388 e. The number of methoxy groups -OCH3 is 1. The standard InChI is InChI=1S/C14H20O7S/c1-20-14-13(17)12(16)11(15)10(21-14)7-8-22(18,19)9-5-3-2-4-6-9/h2-6,10-17H,7-8H2,1H3/t10-,11?,12-,13+,14?/m1/s1. The van der Waals surface area contributed by atoms with E-state index in [1.165, 1.54) is 19.2 Å². The highest BCUT2D eigenvalue weighted by molar-refractivity contribution is 7.91. The second kappa shape index (κ2) is 7.03. The zero-order valence-electron chi connectivity index (χ0n) is 12.1. The number of rotatable bonds is 5. The molecule has 0 spiro atoms. The lowest BCUT2D eigenvalue weighted by Gasteiger charge is -2.39. The minimum atomic E-state index is -3.51. The van der Waals surface area contributed by atoms with Crippen molar-refractivity contribution in [3.8, 4) is 0 Å². The third-order valence-electron chi connectivity index (χ3n) is 3.67. The molecule has 1 aromatic carbocycles. The number of hydrogen-bond acceptors (Lipinski definition) is 7. The van der Waals surface area contributed by atoms with Gasteiger partial charge in [0.2, 0.25) is 0 Å². The second-order valence-corrected chi connectivity index (χ2v) is 7.28. The molecular weight excluding hydrogens is 312 g/mol. The Bertz CT molecular complexity index is 572. The van der Waals surface area contributed by atoms with Crippen LogP contribution < -0.4 is 0 Å². The Morgan fingerprint density at radius 3 is 2.32 bits per heavy atom. The van der Waals surface area contributed by atoms with Crippen LogP contribution >= 0.6 is 0 Å². The van der Waals surface area contributed by atoms with E-state index >= 15 is 0 Å². The zero-order chi connectivity index (χ0) is 16.3. The summed E-state index contributed by atoms with van der Waals surface area (Å²) in [5.41, 5.74) is 0. The summed E-state index contributed by atoms with van der Waals surface area (Å²) < 4.78 is 34.6. The van der Waals surface area contributed by atoms with Gasteiger partial charge < -0.3 is 24.8 Å². The Kier molecular flexibility index (Phi) is 5.54. The van der Waals surface area contributed by atoms with E-state index in [0.29, 0.717) is 0 Å². The van der Waals surface area contributed by atoms with E-state index in [4.69, 9.17) is 9.47 Å². The Morgan fingerprint density at radius 1 is 1.09 bits per heavy atom. The molecule has 0 radical (unpaired) electrons. The van der Waals surface area contributed by atoms with Gasteiger partial charge in [0.15, 0.2) is 16.1 Å². The van der Waals surface area contributed by atoms with Crippen LogP contribution in [0.5, 0.6) is 0 Å². The highest BCUT2D eigenvalue weighted by Crippen LogP contribution is 2.25. The fraction of sp³-hybridized carbons (Fsp3) is 0.571. The van der Waals surface area contributed by atoms with Gasteiger partial charge in [-0.2, -0.15) is 0 Å². The molecule has 1 heterocycles. The number of aliphatic hydroxyl groups excluding tert-OH is 3. The van der Waals surface area contributed by atoms with E-state index in [2.05, 4.69) is 0 Å². The van der Waals surface area contributed by atoms with Gasteiger partial charge in [-0.3, -0.25) is 0 Å². The fourth-order valence-corrected chi connectivity index (χ4v) is 3.72. The van der Waals surface area contributed by atoms with E-state index in [1.54, 1.807) is 18.2 Å². The Balaban J connectivity index is 2.04. The van der Waals surface area contributed by atoms with Crippen LogP contribution in [0.4, 0.5) is 0 Å². The highest BCUT2D eigenvalue weighted by Gasteiger charge is 2.44. The van der Waals surface area contributed by atoms with Crippen molar-refractivity contribution in [3.05, 3.63) is 30.3 Å². The number of benzene rings is 1. The van der Waals surface area contributed by atoms with Crippen LogP contribution in [0, 0.1) is 0 Å². The molecule has 0 aliphatic carbocycles. The van der Waals surface area contributed by atoms with Crippen LogP contribution in [0.3, 0.4) is 0 Å². The molecule has 0 bridgehead atoms. The molecule has 7 nitrogen and oxygen atoms in total. The second-order valence-electron chi connectivity index (χ2n) is 5.17. The maximum atomic E-state index is 12.2. The SMILES string of the molecule is COC1O[C@H](CCS(=O)(=O)c2ccccc2)C(O)[C@@H](O)[C@@H]1O. The molecule has 124 valence electrons. The maximum absolute atomic E-state index is 12.2. The molecule has 1 aliphatic heterocycles. The summed E-state index contributed by atoms with van der Waals surface area (Å²) in [7, 11) is -2.23. The predicted octanol–water partition coefficient (Wildman–Crippen LogP) is -0.696.